The molecule has 6 heteroatoms. The minimum atomic E-state index is 0.438. The van der Waals surface area contributed by atoms with Crippen LogP contribution in [0, 0.1) is 3.57 Å². The summed E-state index contributed by atoms with van der Waals surface area (Å²) >= 11 is 7.24. The highest BCUT2D eigenvalue weighted by Gasteiger charge is 2.12. The number of nitrogen functional groups attached to an aromatic ring is 1. The number of hydrogen-bond donors (Lipinski definition) is 4. The van der Waals surface area contributed by atoms with Gasteiger partial charge in [-0.25, -0.2) is 5.84 Å². The normalized spacial score (nSPS) is 11.9. The van der Waals surface area contributed by atoms with E-state index in [-0.39, 0.29) is 0 Å². The Morgan fingerprint density at radius 3 is 2.83 bits per heavy atom. The summed E-state index contributed by atoms with van der Waals surface area (Å²) in [6.07, 6.45) is 2.03. The molecule has 4 nitrogen and oxygen atoms in total. The molecule has 1 aromatic carbocycles. The Hall–Kier alpha value is -0.600. The van der Waals surface area contributed by atoms with Crippen LogP contribution in [0.15, 0.2) is 18.2 Å². The third-order valence-electron chi connectivity index (χ3n) is 2.89. The summed E-state index contributed by atoms with van der Waals surface area (Å²) in [7, 11) is 0. The van der Waals surface area contributed by atoms with Crippen molar-refractivity contribution in [2.45, 2.75) is 25.7 Å². The van der Waals surface area contributed by atoms with Crippen LogP contribution < -0.4 is 22.3 Å². The molecule has 1 rings (SSSR count). The molecular weight excluding hydrogens is 359 g/mol. The zero-order valence-electron chi connectivity index (χ0n) is 10.4. The molecule has 6 N–H and O–H groups in total. The molecule has 1 aromatic rings. The van der Waals surface area contributed by atoms with Gasteiger partial charge in [0.05, 0.1) is 0 Å². The largest absolute Gasteiger partial charge is 0.398 e. The van der Waals surface area contributed by atoms with E-state index in [1.165, 1.54) is 9.13 Å². The Labute approximate surface area is 127 Å². The molecule has 0 saturated carbocycles. The van der Waals surface area contributed by atoms with E-state index < -0.39 is 0 Å². The molecule has 0 saturated heterocycles. The van der Waals surface area contributed by atoms with E-state index in [0.717, 1.165) is 25.1 Å². The predicted molar refractivity (Wildman–Crippen MR) is 89.1 cm³/mol. The molecule has 0 aliphatic rings. The van der Waals surface area contributed by atoms with Gasteiger partial charge in [0.15, 0.2) is 5.11 Å². The molecular formula is C12H19IN4S. The van der Waals surface area contributed by atoms with Crippen molar-refractivity contribution >= 4 is 45.6 Å². The highest BCUT2D eigenvalue weighted by atomic mass is 127. The molecule has 0 fully saturated rings. The third-order valence-corrected chi connectivity index (χ3v) is 3.82. The van der Waals surface area contributed by atoms with Gasteiger partial charge in [-0.1, -0.05) is 6.92 Å². The third kappa shape index (κ3) is 4.58. The van der Waals surface area contributed by atoms with Crippen molar-refractivity contribution in [3.8, 4) is 0 Å². The second-order valence-corrected chi connectivity index (χ2v) is 5.72. The number of halogens is 1. The van der Waals surface area contributed by atoms with E-state index in [0.29, 0.717) is 11.0 Å². The Morgan fingerprint density at radius 1 is 1.50 bits per heavy atom. The lowest BCUT2D eigenvalue weighted by Crippen LogP contribution is -2.40. The first-order valence-electron chi connectivity index (χ1n) is 5.87. The van der Waals surface area contributed by atoms with Gasteiger partial charge in [0.2, 0.25) is 0 Å². The van der Waals surface area contributed by atoms with Gasteiger partial charge in [-0.15, -0.1) is 0 Å². The van der Waals surface area contributed by atoms with Gasteiger partial charge in [0, 0.05) is 15.8 Å². The minimum absolute atomic E-state index is 0.438. The molecule has 18 heavy (non-hydrogen) atoms. The lowest BCUT2D eigenvalue weighted by Gasteiger charge is -2.18. The molecule has 0 spiro atoms. The van der Waals surface area contributed by atoms with Crippen molar-refractivity contribution in [2.24, 2.45) is 5.84 Å². The van der Waals surface area contributed by atoms with E-state index in [1.54, 1.807) is 0 Å². The van der Waals surface area contributed by atoms with Gasteiger partial charge in [-0.2, -0.15) is 0 Å². The van der Waals surface area contributed by atoms with Crippen LogP contribution in [0.25, 0.3) is 0 Å². The summed E-state index contributed by atoms with van der Waals surface area (Å²) in [6, 6.07) is 6.15. The molecule has 100 valence electrons. The fourth-order valence-corrected chi connectivity index (χ4v) is 2.51. The first-order valence-corrected chi connectivity index (χ1v) is 7.36. The fourth-order valence-electron chi connectivity index (χ4n) is 1.89. The quantitative estimate of drug-likeness (QED) is 0.208. The topological polar surface area (TPSA) is 76.1 Å². The van der Waals surface area contributed by atoms with Crippen LogP contribution in [0.4, 0.5) is 5.69 Å². The molecule has 0 heterocycles. The van der Waals surface area contributed by atoms with Crippen LogP contribution in [-0.4, -0.2) is 11.7 Å². The maximum absolute atomic E-state index is 6.04. The Bertz CT molecular complexity index is 411. The van der Waals surface area contributed by atoms with Crippen molar-refractivity contribution in [3.05, 3.63) is 27.3 Å². The standard InChI is InChI=1S/C12H19IN4S/c1-2-8(5-6-16-12(18)17-15)10-7-9(13)3-4-11(10)14/h3-4,7-8H,2,5-6,14-15H2,1H3,(H2,16,17,18). The average molecular weight is 378 g/mol. The van der Waals surface area contributed by atoms with Gasteiger partial charge in [-0.3, -0.25) is 0 Å². The van der Waals surface area contributed by atoms with Crippen molar-refractivity contribution in [2.75, 3.05) is 12.3 Å². The summed E-state index contributed by atoms with van der Waals surface area (Å²) < 4.78 is 1.21. The van der Waals surface area contributed by atoms with Gasteiger partial charge >= 0.3 is 0 Å². The molecule has 0 aliphatic carbocycles. The van der Waals surface area contributed by atoms with Crippen LogP contribution in [0.2, 0.25) is 0 Å². The molecule has 1 atom stereocenters. The van der Waals surface area contributed by atoms with Crippen molar-refractivity contribution in [3.63, 3.8) is 0 Å². The number of nitrogens with one attached hydrogen (secondary N) is 2. The van der Waals surface area contributed by atoms with E-state index in [4.69, 9.17) is 23.8 Å². The predicted octanol–water partition coefficient (Wildman–Crippen LogP) is 2.09. The van der Waals surface area contributed by atoms with E-state index in [1.807, 2.05) is 12.1 Å². The first-order chi connectivity index (χ1) is 8.58. The van der Waals surface area contributed by atoms with Crippen LogP contribution in [0.3, 0.4) is 0 Å². The highest BCUT2D eigenvalue weighted by molar-refractivity contribution is 14.1. The second kappa shape index (κ2) is 7.75. The summed E-state index contributed by atoms with van der Waals surface area (Å²) in [5, 5.41) is 3.53. The molecule has 1 unspecified atom stereocenters. The highest BCUT2D eigenvalue weighted by Crippen LogP contribution is 2.29. The smallest absolute Gasteiger partial charge is 0.180 e. The number of hydrazine groups is 1. The Kier molecular flexibility index (Phi) is 6.66. The van der Waals surface area contributed by atoms with E-state index in [2.05, 4.69) is 46.3 Å². The molecule has 0 bridgehead atoms. The SMILES string of the molecule is CCC(CCNC(=S)NN)c1cc(I)ccc1N. The zero-order valence-corrected chi connectivity index (χ0v) is 13.3. The summed E-state index contributed by atoms with van der Waals surface area (Å²) in [6.45, 7) is 2.95. The fraction of sp³-hybridized carbons (Fsp3) is 0.417. The Balaban J connectivity index is 2.65. The van der Waals surface area contributed by atoms with Gasteiger partial charge in [0.1, 0.15) is 0 Å². The maximum Gasteiger partial charge on any atom is 0.180 e. The second-order valence-electron chi connectivity index (χ2n) is 4.07. The number of rotatable bonds is 5. The van der Waals surface area contributed by atoms with Gasteiger partial charge < -0.3 is 16.5 Å². The number of benzene rings is 1. The Morgan fingerprint density at radius 2 is 2.22 bits per heavy atom. The summed E-state index contributed by atoms with van der Waals surface area (Å²) in [5.74, 6) is 5.64. The molecule has 0 amide bonds. The zero-order chi connectivity index (χ0) is 13.5. The van der Waals surface area contributed by atoms with Gasteiger partial charge in [-0.05, 0) is 77.3 Å². The summed E-state index contributed by atoms with van der Waals surface area (Å²) in [5.41, 5.74) is 10.5. The average Bonchev–Trinajstić information content (AvgIpc) is 2.37. The minimum Gasteiger partial charge on any atom is -0.398 e. The lowest BCUT2D eigenvalue weighted by atomic mass is 9.92. The van der Waals surface area contributed by atoms with Crippen LogP contribution in [0.5, 0.6) is 0 Å². The van der Waals surface area contributed by atoms with Crippen molar-refractivity contribution < 1.29 is 0 Å². The monoisotopic (exact) mass is 378 g/mol. The lowest BCUT2D eigenvalue weighted by molar-refractivity contribution is 0.596. The van der Waals surface area contributed by atoms with E-state index >= 15 is 0 Å². The van der Waals surface area contributed by atoms with Crippen molar-refractivity contribution in [1.82, 2.24) is 10.7 Å². The first kappa shape index (κ1) is 15.5. The molecule has 0 aromatic heterocycles. The van der Waals surface area contributed by atoms with Crippen LogP contribution >= 0.6 is 34.8 Å². The van der Waals surface area contributed by atoms with Crippen LogP contribution in [0.1, 0.15) is 31.2 Å². The van der Waals surface area contributed by atoms with Gasteiger partial charge in [0.25, 0.3) is 0 Å². The number of hydrogen-bond acceptors (Lipinski definition) is 3. The maximum atomic E-state index is 6.04. The van der Waals surface area contributed by atoms with Crippen LogP contribution in [-0.2, 0) is 0 Å². The number of thiocarbonyl (C=S) groups is 1. The molecule has 0 radical (unpaired) electrons. The summed E-state index contributed by atoms with van der Waals surface area (Å²) in [4.78, 5) is 0. The number of nitrogens with two attached hydrogens (primary N) is 2. The number of anilines is 1. The molecule has 0 aliphatic heterocycles. The van der Waals surface area contributed by atoms with E-state index in [9.17, 15) is 0 Å². The van der Waals surface area contributed by atoms with Crippen molar-refractivity contribution in [1.29, 1.82) is 0 Å².